The summed E-state index contributed by atoms with van der Waals surface area (Å²) >= 11 is 0. The predicted molar refractivity (Wildman–Crippen MR) is 97.4 cm³/mol. The molecular formula is C20H22N2O2. The van der Waals surface area contributed by atoms with E-state index in [1.165, 1.54) is 18.4 Å². The van der Waals surface area contributed by atoms with Crippen molar-refractivity contribution < 1.29 is 4.42 Å². The van der Waals surface area contributed by atoms with Gasteiger partial charge in [-0.05, 0) is 37.0 Å². The fourth-order valence-electron chi connectivity index (χ4n) is 2.74. The summed E-state index contributed by atoms with van der Waals surface area (Å²) in [5, 5.41) is 3.63. The Bertz CT molecular complexity index is 828. The van der Waals surface area contributed by atoms with Gasteiger partial charge in [0.1, 0.15) is 0 Å². The number of rotatable bonds is 8. The zero-order chi connectivity index (χ0) is 16.6. The molecule has 124 valence electrons. The fourth-order valence-corrected chi connectivity index (χ4v) is 2.74. The van der Waals surface area contributed by atoms with Crippen LogP contribution in [-0.4, -0.2) is 11.5 Å². The van der Waals surface area contributed by atoms with Crippen LogP contribution in [0.3, 0.4) is 0 Å². The molecule has 24 heavy (non-hydrogen) atoms. The molecule has 0 radical (unpaired) electrons. The lowest BCUT2D eigenvalue weighted by Gasteiger charge is -2.05. The summed E-state index contributed by atoms with van der Waals surface area (Å²) < 4.78 is 5.20. The first-order valence-corrected chi connectivity index (χ1v) is 8.50. The van der Waals surface area contributed by atoms with E-state index >= 15 is 0 Å². The lowest BCUT2D eigenvalue weighted by molar-refractivity contribution is 0.514. The van der Waals surface area contributed by atoms with Crippen LogP contribution in [0.4, 0.5) is 6.01 Å². The van der Waals surface area contributed by atoms with Crippen molar-refractivity contribution in [1.29, 1.82) is 0 Å². The Morgan fingerprint density at radius 1 is 0.875 bits per heavy atom. The largest absolute Gasteiger partial charge is 0.389 e. The minimum atomic E-state index is -0.342. The first-order chi connectivity index (χ1) is 11.8. The molecule has 0 spiro atoms. The highest BCUT2D eigenvalue weighted by atomic mass is 16.4. The van der Waals surface area contributed by atoms with Crippen molar-refractivity contribution in [2.45, 2.75) is 32.1 Å². The molecule has 1 aromatic heterocycles. The van der Waals surface area contributed by atoms with Crippen molar-refractivity contribution in [3.05, 3.63) is 70.6 Å². The van der Waals surface area contributed by atoms with Gasteiger partial charge in [0, 0.05) is 6.54 Å². The zero-order valence-corrected chi connectivity index (χ0v) is 13.7. The molecule has 0 saturated carbocycles. The second-order valence-corrected chi connectivity index (χ2v) is 5.90. The van der Waals surface area contributed by atoms with Crippen LogP contribution in [-0.2, 0) is 6.42 Å². The van der Waals surface area contributed by atoms with Gasteiger partial charge in [-0.2, -0.15) is 4.98 Å². The van der Waals surface area contributed by atoms with E-state index in [4.69, 9.17) is 4.42 Å². The van der Waals surface area contributed by atoms with Crippen molar-refractivity contribution in [1.82, 2.24) is 4.98 Å². The van der Waals surface area contributed by atoms with Crippen molar-refractivity contribution in [3.8, 4) is 0 Å². The Balaban J connectivity index is 1.38. The van der Waals surface area contributed by atoms with E-state index in [1.807, 2.05) is 24.3 Å². The number of benzene rings is 2. The molecule has 4 heteroatoms. The van der Waals surface area contributed by atoms with E-state index in [0.29, 0.717) is 16.9 Å². The second-order valence-electron chi connectivity index (χ2n) is 5.90. The van der Waals surface area contributed by atoms with Gasteiger partial charge >= 0.3 is 5.63 Å². The number of aryl methyl sites for hydroxylation is 1. The Morgan fingerprint density at radius 2 is 1.62 bits per heavy atom. The molecular weight excluding hydrogens is 300 g/mol. The molecule has 4 nitrogen and oxygen atoms in total. The minimum absolute atomic E-state index is 0.308. The molecule has 1 heterocycles. The fraction of sp³-hybridized carbons (Fsp3) is 0.300. The molecule has 0 fully saturated rings. The summed E-state index contributed by atoms with van der Waals surface area (Å²) in [6.07, 6.45) is 5.72. The third-order valence-electron chi connectivity index (χ3n) is 4.05. The van der Waals surface area contributed by atoms with Crippen LogP contribution >= 0.6 is 0 Å². The number of hydrogen-bond acceptors (Lipinski definition) is 4. The van der Waals surface area contributed by atoms with Crippen LogP contribution in [0.15, 0.2) is 63.8 Å². The summed E-state index contributed by atoms with van der Waals surface area (Å²) in [4.78, 5) is 16.2. The van der Waals surface area contributed by atoms with Gasteiger partial charge in [0.2, 0.25) is 0 Å². The van der Waals surface area contributed by atoms with Crippen molar-refractivity contribution in [2.24, 2.45) is 0 Å². The highest BCUT2D eigenvalue weighted by molar-refractivity contribution is 5.77. The first kappa shape index (κ1) is 16.2. The Kier molecular flexibility index (Phi) is 5.61. The maximum absolute atomic E-state index is 11.9. The van der Waals surface area contributed by atoms with Gasteiger partial charge < -0.3 is 9.73 Å². The highest BCUT2D eigenvalue weighted by Gasteiger charge is 2.04. The van der Waals surface area contributed by atoms with Gasteiger partial charge in [-0.3, -0.25) is 0 Å². The second kappa shape index (κ2) is 8.29. The number of nitrogens with one attached hydrogen (secondary N) is 1. The number of hydrogen-bond donors (Lipinski definition) is 1. The molecule has 0 aliphatic heterocycles. The number of para-hydroxylation sites is 1. The standard InChI is InChI=1S/C20H22N2O2/c23-19-17-13-7-8-14-18(17)22-20(24-19)21-15-9-2-1-4-10-16-11-5-3-6-12-16/h3,5-8,11-14H,1-2,4,9-10,15H2,(H,21,22). The predicted octanol–water partition coefficient (Wildman–Crippen LogP) is 4.40. The number of fused-ring (bicyclic) bond motifs is 1. The normalized spacial score (nSPS) is 10.8. The zero-order valence-electron chi connectivity index (χ0n) is 13.7. The van der Waals surface area contributed by atoms with Gasteiger partial charge in [0.25, 0.3) is 6.01 Å². The van der Waals surface area contributed by atoms with Crippen LogP contribution in [0.5, 0.6) is 0 Å². The van der Waals surface area contributed by atoms with Gasteiger partial charge in [-0.1, -0.05) is 55.3 Å². The van der Waals surface area contributed by atoms with Crippen LogP contribution in [0.2, 0.25) is 0 Å². The molecule has 3 aromatic rings. The smallest absolute Gasteiger partial charge is 0.348 e. The monoisotopic (exact) mass is 322 g/mol. The summed E-state index contributed by atoms with van der Waals surface area (Å²) in [6.45, 7) is 0.764. The van der Waals surface area contributed by atoms with Gasteiger partial charge in [-0.25, -0.2) is 4.79 Å². The lowest BCUT2D eigenvalue weighted by atomic mass is 10.1. The Labute approximate surface area is 141 Å². The van der Waals surface area contributed by atoms with E-state index in [0.717, 1.165) is 25.8 Å². The van der Waals surface area contributed by atoms with Gasteiger partial charge in [0.05, 0.1) is 10.9 Å². The van der Waals surface area contributed by atoms with Gasteiger partial charge in [-0.15, -0.1) is 0 Å². The highest BCUT2D eigenvalue weighted by Crippen LogP contribution is 2.11. The molecule has 2 aromatic carbocycles. The number of anilines is 1. The van der Waals surface area contributed by atoms with Crippen molar-refractivity contribution >= 4 is 16.9 Å². The summed E-state index contributed by atoms with van der Waals surface area (Å²) in [5.74, 6) is 0. The summed E-state index contributed by atoms with van der Waals surface area (Å²) in [7, 11) is 0. The molecule has 0 saturated heterocycles. The number of nitrogens with zero attached hydrogens (tertiary/aromatic N) is 1. The van der Waals surface area contributed by atoms with E-state index in [1.54, 1.807) is 6.07 Å². The molecule has 0 atom stereocenters. The van der Waals surface area contributed by atoms with Crippen LogP contribution < -0.4 is 10.9 Å². The molecule has 0 amide bonds. The summed E-state index contributed by atoms with van der Waals surface area (Å²) in [6, 6.07) is 18.1. The summed E-state index contributed by atoms with van der Waals surface area (Å²) in [5.41, 5.74) is 1.72. The van der Waals surface area contributed by atoms with Crippen LogP contribution in [0.1, 0.15) is 31.2 Å². The van der Waals surface area contributed by atoms with Crippen molar-refractivity contribution in [3.63, 3.8) is 0 Å². The molecule has 0 unspecified atom stereocenters. The maximum Gasteiger partial charge on any atom is 0.348 e. The van der Waals surface area contributed by atoms with Crippen molar-refractivity contribution in [2.75, 3.05) is 11.9 Å². The number of unbranched alkanes of at least 4 members (excludes halogenated alkanes) is 3. The SMILES string of the molecule is O=c1oc(NCCCCCCc2ccccc2)nc2ccccc12. The average molecular weight is 322 g/mol. The van der Waals surface area contributed by atoms with Crippen LogP contribution in [0.25, 0.3) is 10.9 Å². The molecule has 0 aliphatic rings. The van der Waals surface area contributed by atoms with E-state index in [-0.39, 0.29) is 5.63 Å². The number of aromatic nitrogens is 1. The minimum Gasteiger partial charge on any atom is -0.389 e. The third-order valence-corrected chi connectivity index (χ3v) is 4.05. The Morgan fingerprint density at radius 3 is 2.50 bits per heavy atom. The molecule has 3 rings (SSSR count). The third kappa shape index (κ3) is 4.44. The van der Waals surface area contributed by atoms with E-state index in [2.05, 4.69) is 34.6 Å². The Hall–Kier alpha value is -2.62. The molecule has 0 bridgehead atoms. The topological polar surface area (TPSA) is 55.1 Å². The first-order valence-electron chi connectivity index (χ1n) is 8.50. The van der Waals surface area contributed by atoms with E-state index in [9.17, 15) is 4.79 Å². The quantitative estimate of drug-likeness (QED) is 0.624. The average Bonchev–Trinajstić information content (AvgIpc) is 2.62. The van der Waals surface area contributed by atoms with E-state index < -0.39 is 0 Å². The van der Waals surface area contributed by atoms with Crippen LogP contribution in [0, 0.1) is 0 Å². The molecule has 1 N–H and O–H groups in total. The lowest BCUT2D eigenvalue weighted by Crippen LogP contribution is -2.09. The maximum atomic E-state index is 11.9. The molecule has 0 aliphatic carbocycles. The van der Waals surface area contributed by atoms with Gasteiger partial charge in [0.15, 0.2) is 0 Å².